The van der Waals surface area contributed by atoms with Crippen molar-refractivity contribution in [1.82, 2.24) is 9.97 Å². The third-order valence-electron chi connectivity index (χ3n) is 3.64. The maximum absolute atomic E-state index is 12.5. The molecule has 0 saturated heterocycles. The lowest BCUT2D eigenvalue weighted by Gasteiger charge is -2.17. The second-order valence-electron chi connectivity index (χ2n) is 5.28. The molecule has 2 aromatic carbocycles. The maximum atomic E-state index is 12.5. The van der Waals surface area contributed by atoms with Gasteiger partial charge in [-0.15, -0.1) is 0 Å². The van der Waals surface area contributed by atoms with Crippen LogP contribution in [0.3, 0.4) is 0 Å². The van der Waals surface area contributed by atoms with Gasteiger partial charge in [-0.2, -0.15) is 5.26 Å². The Morgan fingerprint density at radius 2 is 1.68 bits per heavy atom. The van der Waals surface area contributed by atoms with Gasteiger partial charge in [0.1, 0.15) is 6.07 Å². The van der Waals surface area contributed by atoms with Crippen molar-refractivity contribution in [1.29, 1.82) is 5.26 Å². The highest BCUT2D eigenvalue weighted by Crippen LogP contribution is 2.18. The standard InChI is InChI=1S/C19H15N5O/c1-24(16-8-3-2-4-9-16)18(25)15-12-21-19(22-13-15)23-17-10-6-5-7-14(17)11-20/h2-10,12-13H,1H3,(H,21,22,23). The van der Waals surface area contributed by atoms with Crippen LogP contribution in [0, 0.1) is 11.3 Å². The van der Waals surface area contributed by atoms with E-state index in [1.54, 1.807) is 25.2 Å². The largest absolute Gasteiger partial charge is 0.323 e. The number of benzene rings is 2. The predicted octanol–water partition coefficient (Wildman–Crippen LogP) is 3.37. The fourth-order valence-corrected chi connectivity index (χ4v) is 2.28. The lowest BCUT2D eigenvalue weighted by molar-refractivity contribution is 0.0992. The van der Waals surface area contributed by atoms with Gasteiger partial charge >= 0.3 is 0 Å². The Hall–Kier alpha value is -3.72. The number of aromatic nitrogens is 2. The van der Waals surface area contributed by atoms with Gasteiger partial charge in [0.15, 0.2) is 0 Å². The number of carbonyl (C=O) groups excluding carboxylic acids is 1. The van der Waals surface area contributed by atoms with E-state index in [0.29, 0.717) is 22.8 Å². The first-order valence-electron chi connectivity index (χ1n) is 7.60. The molecule has 0 saturated carbocycles. The maximum Gasteiger partial charge on any atom is 0.261 e. The van der Waals surface area contributed by atoms with Crippen molar-refractivity contribution in [2.75, 3.05) is 17.3 Å². The van der Waals surface area contributed by atoms with E-state index in [9.17, 15) is 4.79 Å². The zero-order chi connectivity index (χ0) is 17.6. The Morgan fingerprint density at radius 1 is 1.04 bits per heavy atom. The minimum atomic E-state index is -0.199. The average Bonchev–Trinajstić information content (AvgIpc) is 2.68. The molecule has 122 valence electrons. The second kappa shape index (κ2) is 7.23. The number of para-hydroxylation sites is 2. The van der Waals surface area contributed by atoms with E-state index in [-0.39, 0.29) is 5.91 Å². The normalized spacial score (nSPS) is 9.92. The highest BCUT2D eigenvalue weighted by Gasteiger charge is 2.14. The number of hydrogen-bond acceptors (Lipinski definition) is 5. The van der Waals surface area contributed by atoms with Crippen molar-refractivity contribution in [3.63, 3.8) is 0 Å². The van der Waals surface area contributed by atoms with Crippen molar-refractivity contribution in [2.45, 2.75) is 0 Å². The Bertz CT molecular complexity index is 917. The highest BCUT2D eigenvalue weighted by molar-refractivity contribution is 6.05. The van der Waals surface area contributed by atoms with Crippen molar-refractivity contribution in [3.8, 4) is 6.07 Å². The number of amides is 1. The van der Waals surface area contributed by atoms with Gasteiger partial charge in [-0.1, -0.05) is 30.3 Å². The molecule has 3 rings (SSSR count). The summed E-state index contributed by atoms with van der Waals surface area (Å²) in [6.45, 7) is 0. The molecule has 0 spiro atoms. The molecule has 1 aromatic heterocycles. The number of nitriles is 1. The van der Waals surface area contributed by atoms with Crippen LogP contribution in [0.5, 0.6) is 0 Å². The molecule has 6 heteroatoms. The van der Waals surface area contributed by atoms with E-state index < -0.39 is 0 Å². The first-order chi connectivity index (χ1) is 12.2. The van der Waals surface area contributed by atoms with Crippen molar-refractivity contribution < 1.29 is 4.79 Å². The molecule has 0 fully saturated rings. The molecule has 0 bridgehead atoms. The molecule has 0 aliphatic heterocycles. The third-order valence-corrected chi connectivity index (χ3v) is 3.64. The predicted molar refractivity (Wildman–Crippen MR) is 95.6 cm³/mol. The summed E-state index contributed by atoms with van der Waals surface area (Å²) in [6.07, 6.45) is 2.93. The van der Waals surface area contributed by atoms with Gasteiger partial charge in [-0.3, -0.25) is 4.79 Å². The fourth-order valence-electron chi connectivity index (χ4n) is 2.28. The quantitative estimate of drug-likeness (QED) is 0.793. The molecule has 6 nitrogen and oxygen atoms in total. The molecule has 0 aliphatic rings. The SMILES string of the molecule is CN(C(=O)c1cnc(Nc2ccccc2C#N)nc1)c1ccccc1. The summed E-state index contributed by atoms with van der Waals surface area (Å²) in [7, 11) is 1.70. The monoisotopic (exact) mass is 329 g/mol. The number of hydrogen-bond donors (Lipinski definition) is 1. The van der Waals surface area contributed by atoms with E-state index in [2.05, 4.69) is 21.4 Å². The van der Waals surface area contributed by atoms with Crippen LogP contribution in [0.1, 0.15) is 15.9 Å². The number of carbonyl (C=O) groups is 1. The summed E-state index contributed by atoms with van der Waals surface area (Å²) < 4.78 is 0. The summed E-state index contributed by atoms with van der Waals surface area (Å²) in [5.74, 6) is 0.122. The van der Waals surface area contributed by atoms with Gasteiger partial charge in [-0.05, 0) is 24.3 Å². The molecule has 25 heavy (non-hydrogen) atoms. The van der Waals surface area contributed by atoms with Crippen molar-refractivity contribution in [2.24, 2.45) is 0 Å². The molecule has 0 aliphatic carbocycles. The summed E-state index contributed by atoms with van der Waals surface area (Å²) >= 11 is 0. The van der Waals surface area contributed by atoms with E-state index in [1.807, 2.05) is 36.4 Å². The van der Waals surface area contributed by atoms with Gasteiger partial charge in [0.25, 0.3) is 5.91 Å². The minimum absolute atomic E-state index is 0.199. The summed E-state index contributed by atoms with van der Waals surface area (Å²) in [4.78, 5) is 22.4. The van der Waals surface area contributed by atoms with Crippen LogP contribution in [0.2, 0.25) is 0 Å². The van der Waals surface area contributed by atoms with Gasteiger partial charge in [0.05, 0.1) is 16.8 Å². The van der Waals surface area contributed by atoms with E-state index in [4.69, 9.17) is 5.26 Å². The lowest BCUT2D eigenvalue weighted by atomic mass is 10.2. The second-order valence-corrected chi connectivity index (χ2v) is 5.28. The number of nitrogens with zero attached hydrogens (tertiary/aromatic N) is 4. The first kappa shape index (κ1) is 16.1. The first-order valence-corrected chi connectivity index (χ1v) is 7.60. The molecule has 1 N–H and O–H groups in total. The van der Waals surface area contributed by atoms with Crippen LogP contribution in [0.15, 0.2) is 67.0 Å². The topological polar surface area (TPSA) is 81.9 Å². The number of rotatable bonds is 4. The van der Waals surface area contributed by atoms with Crippen LogP contribution >= 0.6 is 0 Å². The smallest absolute Gasteiger partial charge is 0.261 e. The summed E-state index contributed by atoms with van der Waals surface area (Å²) in [5, 5.41) is 12.1. The zero-order valence-electron chi connectivity index (χ0n) is 13.5. The van der Waals surface area contributed by atoms with Crippen LogP contribution in [0.25, 0.3) is 0 Å². The molecule has 0 unspecified atom stereocenters. The van der Waals surface area contributed by atoms with Crippen molar-refractivity contribution >= 4 is 23.2 Å². The van der Waals surface area contributed by atoms with Gasteiger partial charge in [0.2, 0.25) is 5.95 Å². The van der Waals surface area contributed by atoms with Gasteiger partial charge in [-0.25, -0.2) is 9.97 Å². The van der Waals surface area contributed by atoms with Gasteiger partial charge in [0, 0.05) is 25.1 Å². The Labute approximate surface area is 145 Å². The zero-order valence-corrected chi connectivity index (χ0v) is 13.5. The Kier molecular flexibility index (Phi) is 4.67. The Morgan fingerprint density at radius 3 is 2.36 bits per heavy atom. The van der Waals surface area contributed by atoms with Crippen LogP contribution in [-0.4, -0.2) is 22.9 Å². The van der Waals surface area contributed by atoms with E-state index in [0.717, 1.165) is 5.69 Å². The molecular formula is C19H15N5O. The third kappa shape index (κ3) is 3.62. The average molecular weight is 329 g/mol. The highest BCUT2D eigenvalue weighted by atomic mass is 16.2. The lowest BCUT2D eigenvalue weighted by Crippen LogP contribution is -2.26. The Balaban J connectivity index is 1.76. The van der Waals surface area contributed by atoms with Crippen LogP contribution < -0.4 is 10.2 Å². The molecule has 0 atom stereocenters. The molecule has 0 radical (unpaired) electrons. The van der Waals surface area contributed by atoms with Crippen molar-refractivity contribution in [3.05, 3.63) is 78.1 Å². The summed E-state index contributed by atoms with van der Waals surface area (Å²) in [5.41, 5.74) is 2.28. The molecule has 1 heterocycles. The number of anilines is 3. The van der Waals surface area contributed by atoms with E-state index in [1.165, 1.54) is 17.3 Å². The molecule has 3 aromatic rings. The minimum Gasteiger partial charge on any atom is -0.323 e. The van der Waals surface area contributed by atoms with E-state index >= 15 is 0 Å². The van der Waals surface area contributed by atoms with Gasteiger partial charge < -0.3 is 10.2 Å². The fraction of sp³-hybridized carbons (Fsp3) is 0.0526. The van der Waals surface area contributed by atoms with Crippen LogP contribution in [0.4, 0.5) is 17.3 Å². The van der Waals surface area contributed by atoms with Crippen LogP contribution in [-0.2, 0) is 0 Å². The molecular weight excluding hydrogens is 314 g/mol. The summed E-state index contributed by atoms with van der Waals surface area (Å²) in [6, 6.07) is 18.5. The number of nitrogens with one attached hydrogen (secondary N) is 1. The molecule has 1 amide bonds.